The summed E-state index contributed by atoms with van der Waals surface area (Å²) in [6, 6.07) is 14.6. The van der Waals surface area contributed by atoms with Crippen molar-refractivity contribution in [1.29, 1.82) is 0 Å². The number of aryl methyl sites for hydroxylation is 2. The van der Waals surface area contributed by atoms with E-state index >= 15 is 0 Å². The Morgan fingerprint density at radius 2 is 1.75 bits per heavy atom. The molecule has 0 fully saturated rings. The molecule has 0 aliphatic rings. The minimum absolute atomic E-state index is 0.569. The second-order valence-corrected chi connectivity index (χ2v) is 5.85. The molecule has 0 spiro atoms. The molecular weight excluding hydrogens is 298 g/mol. The van der Waals surface area contributed by atoms with Gasteiger partial charge in [0.25, 0.3) is 0 Å². The van der Waals surface area contributed by atoms with Gasteiger partial charge in [-0.3, -0.25) is 9.97 Å². The molecule has 24 heavy (non-hydrogen) atoms. The third kappa shape index (κ3) is 2.76. The number of fused-ring (bicyclic) bond motifs is 1. The van der Waals surface area contributed by atoms with Crippen LogP contribution in [0.15, 0.2) is 54.9 Å². The summed E-state index contributed by atoms with van der Waals surface area (Å²) < 4.78 is 1.86. The maximum atomic E-state index is 4.64. The predicted octanol–water partition coefficient (Wildman–Crippen LogP) is 3.55. The van der Waals surface area contributed by atoms with E-state index in [1.807, 2.05) is 30.7 Å². The predicted molar refractivity (Wildman–Crippen MR) is 93.6 cm³/mol. The van der Waals surface area contributed by atoms with Gasteiger partial charge in [-0.15, -0.1) is 0 Å². The number of aromatic nitrogens is 5. The fourth-order valence-electron chi connectivity index (χ4n) is 2.67. The zero-order chi connectivity index (χ0) is 16.5. The number of hydrogen-bond acceptors (Lipinski definition) is 4. The first kappa shape index (κ1) is 14.5. The van der Waals surface area contributed by atoms with Crippen molar-refractivity contribution in [1.82, 2.24) is 24.7 Å². The van der Waals surface area contributed by atoms with Crippen molar-refractivity contribution in [2.24, 2.45) is 0 Å². The van der Waals surface area contributed by atoms with Gasteiger partial charge in [0.05, 0.1) is 24.1 Å². The van der Waals surface area contributed by atoms with Crippen LogP contribution in [0.1, 0.15) is 17.2 Å². The molecule has 0 amide bonds. The molecule has 0 bridgehead atoms. The largest absolute Gasteiger partial charge is 0.258 e. The molecule has 118 valence electrons. The molecule has 0 aliphatic carbocycles. The number of rotatable bonds is 3. The van der Waals surface area contributed by atoms with Crippen LogP contribution in [0.3, 0.4) is 0 Å². The Morgan fingerprint density at radius 3 is 2.54 bits per heavy atom. The van der Waals surface area contributed by atoms with Crippen molar-refractivity contribution in [3.05, 3.63) is 72.1 Å². The van der Waals surface area contributed by atoms with Gasteiger partial charge >= 0.3 is 0 Å². The average Bonchev–Trinajstić information content (AvgIpc) is 2.97. The van der Waals surface area contributed by atoms with Gasteiger partial charge in [-0.1, -0.05) is 36.4 Å². The maximum Gasteiger partial charge on any atom is 0.181 e. The van der Waals surface area contributed by atoms with Crippen molar-refractivity contribution < 1.29 is 0 Å². The Hall–Kier alpha value is -3.08. The summed E-state index contributed by atoms with van der Waals surface area (Å²) in [4.78, 5) is 13.3. The van der Waals surface area contributed by atoms with Crippen molar-refractivity contribution in [2.75, 3.05) is 0 Å². The Kier molecular flexibility index (Phi) is 3.54. The summed E-state index contributed by atoms with van der Waals surface area (Å²) >= 11 is 0. The minimum Gasteiger partial charge on any atom is -0.258 e. The van der Waals surface area contributed by atoms with Gasteiger partial charge in [-0.2, -0.15) is 5.10 Å². The summed E-state index contributed by atoms with van der Waals surface area (Å²) in [7, 11) is 0. The first-order chi connectivity index (χ1) is 11.7. The first-order valence-electron chi connectivity index (χ1n) is 7.87. The van der Waals surface area contributed by atoms with Crippen LogP contribution in [0.5, 0.6) is 0 Å². The molecule has 0 saturated heterocycles. The minimum atomic E-state index is 0.569. The van der Waals surface area contributed by atoms with Gasteiger partial charge in [0.2, 0.25) is 0 Å². The van der Waals surface area contributed by atoms with E-state index in [2.05, 4.69) is 50.4 Å². The molecule has 0 atom stereocenters. The molecule has 2 heterocycles. The maximum absolute atomic E-state index is 4.64. The van der Waals surface area contributed by atoms with Crippen molar-refractivity contribution in [3.8, 4) is 11.4 Å². The third-order valence-electron chi connectivity index (χ3n) is 4.01. The van der Waals surface area contributed by atoms with E-state index in [4.69, 9.17) is 0 Å². The SMILES string of the molecule is Cc1cnc(Cn2nc(-c3ccc4ccccc4c3)nc2C)cn1. The van der Waals surface area contributed by atoms with Crippen molar-refractivity contribution >= 4 is 10.8 Å². The van der Waals surface area contributed by atoms with Crippen LogP contribution in [-0.4, -0.2) is 24.7 Å². The second kappa shape index (κ2) is 5.85. The van der Waals surface area contributed by atoms with Crippen LogP contribution in [0.2, 0.25) is 0 Å². The lowest BCUT2D eigenvalue weighted by atomic mass is 10.1. The molecule has 0 aliphatic heterocycles. The Balaban J connectivity index is 1.67. The molecule has 0 radical (unpaired) electrons. The zero-order valence-corrected chi connectivity index (χ0v) is 13.6. The highest BCUT2D eigenvalue weighted by atomic mass is 15.3. The molecule has 0 N–H and O–H groups in total. The normalized spacial score (nSPS) is 11.1. The molecule has 2 aromatic heterocycles. The summed E-state index contributed by atoms with van der Waals surface area (Å²) in [6.45, 7) is 4.45. The van der Waals surface area contributed by atoms with Crippen LogP contribution in [0.25, 0.3) is 22.2 Å². The highest BCUT2D eigenvalue weighted by molar-refractivity contribution is 5.86. The monoisotopic (exact) mass is 315 g/mol. The Morgan fingerprint density at radius 1 is 0.917 bits per heavy atom. The van der Waals surface area contributed by atoms with Crippen molar-refractivity contribution in [3.63, 3.8) is 0 Å². The highest BCUT2D eigenvalue weighted by Gasteiger charge is 2.10. The van der Waals surface area contributed by atoms with E-state index in [9.17, 15) is 0 Å². The molecule has 4 aromatic rings. The van der Waals surface area contributed by atoms with E-state index < -0.39 is 0 Å². The lowest BCUT2D eigenvalue weighted by molar-refractivity contribution is 0.646. The number of hydrogen-bond donors (Lipinski definition) is 0. The van der Waals surface area contributed by atoms with E-state index in [1.54, 1.807) is 12.4 Å². The Bertz CT molecular complexity index is 1000. The second-order valence-electron chi connectivity index (χ2n) is 5.85. The molecule has 2 aromatic carbocycles. The molecule has 5 nitrogen and oxygen atoms in total. The van der Waals surface area contributed by atoms with Crippen LogP contribution in [0.4, 0.5) is 0 Å². The molecule has 4 rings (SSSR count). The number of nitrogens with zero attached hydrogens (tertiary/aromatic N) is 5. The van der Waals surface area contributed by atoms with E-state index in [0.717, 1.165) is 28.6 Å². The third-order valence-corrected chi connectivity index (χ3v) is 4.01. The van der Waals surface area contributed by atoms with E-state index in [-0.39, 0.29) is 0 Å². The zero-order valence-electron chi connectivity index (χ0n) is 13.6. The van der Waals surface area contributed by atoms with Crippen LogP contribution < -0.4 is 0 Å². The van der Waals surface area contributed by atoms with Crippen LogP contribution >= 0.6 is 0 Å². The van der Waals surface area contributed by atoms with Gasteiger partial charge in [0.15, 0.2) is 5.82 Å². The van der Waals surface area contributed by atoms with Gasteiger partial charge in [-0.25, -0.2) is 9.67 Å². The fraction of sp³-hybridized carbons (Fsp3) is 0.158. The lowest BCUT2D eigenvalue weighted by Crippen LogP contribution is -2.06. The van der Waals surface area contributed by atoms with E-state index in [1.165, 1.54) is 10.8 Å². The smallest absolute Gasteiger partial charge is 0.181 e. The molecule has 0 saturated carbocycles. The first-order valence-corrected chi connectivity index (χ1v) is 7.87. The quantitative estimate of drug-likeness (QED) is 0.580. The Labute approximate surface area is 140 Å². The number of benzene rings is 2. The van der Waals surface area contributed by atoms with Crippen LogP contribution in [-0.2, 0) is 6.54 Å². The standard InChI is InChI=1S/C19H17N5/c1-13-10-21-18(11-20-13)12-24-14(2)22-19(23-24)17-8-7-15-5-3-4-6-16(15)9-17/h3-11H,12H2,1-2H3. The van der Waals surface area contributed by atoms with Gasteiger partial charge in [0.1, 0.15) is 5.82 Å². The summed E-state index contributed by atoms with van der Waals surface area (Å²) in [5.74, 6) is 1.60. The van der Waals surface area contributed by atoms with Gasteiger partial charge in [0, 0.05) is 11.8 Å². The average molecular weight is 315 g/mol. The lowest BCUT2D eigenvalue weighted by Gasteiger charge is -2.02. The summed E-state index contributed by atoms with van der Waals surface area (Å²) in [6.07, 6.45) is 3.55. The summed E-state index contributed by atoms with van der Waals surface area (Å²) in [5.41, 5.74) is 2.80. The fourth-order valence-corrected chi connectivity index (χ4v) is 2.67. The van der Waals surface area contributed by atoms with Crippen LogP contribution in [0, 0.1) is 13.8 Å². The van der Waals surface area contributed by atoms with Gasteiger partial charge in [-0.05, 0) is 30.7 Å². The topological polar surface area (TPSA) is 56.5 Å². The molecular formula is C19H17N5. The van der Waals surface area contributed by atoms with Crippen molar-refractivity contribution in [2.45, 2.75) is 20.4 Å². The highest BCUT2D eigenvalue weighted by Crippen LogP contribution is 2.22. The van der Waals surface area contributed by atoms with E-state index in [0.29, 0.717) is 6.54 Å². The summed E-state index contributed by atoms with van der Waals surface area (Å²) in [5, 5.41) is 7.05. The van der Waals surface area contributed by atoms with Gasteiger partial charge < -0.3 is 0 Å². The molecule has 0 unspecified atom stereocenters. The molecule has 5 heteroatoms.